The fourth-order valence-electron chi connectivity index (χ4n) is 5.54. The van der Waals surface area contributed by atoms with Gasteiger partial charge in [-0.25, -0.2) is 4.52 Å². The van der Waals surface area contributed by atoms with Crippen LogP contribution in [0.1, 0.15) is 71.4 Å². The fourth-order valence-corrected chi connectivity index (χ4v) is 5.54. The zero-order valence-corrected chi connectivity index (χ0v) is 21.2. The van der Waals surface area contributed by atoms with Crippen LogP contribution in [0.2, 0.25) is 0 Å². The first-order valence-electron chi connectivity index (χ1n) is 12.8. The molecule has 3 heterocycles. The minimum Gasteiger partial charge on any atom is -0.344 e. The van der Waals surface area contributed by atoms with E-state index in [4.69, 9.17) is 0 Å². The maximum absolute atomic E-state index is 13.6. The van der Waals surface area contributed by atoms with E-state index in [0.717, 1.165) is 46.9 Å². The number of carbonyl (C=O) groups is 1. The number of aryl methyl sites for hydroxylation is 2. The Morgan fingerprint density at radius 3 is 2.84 bits per heavy atom. The van der Waals surface area contributed by atoms with Crippen LogP contribution in [0, 0.1) is 6.92 Å². The first kappa shape index (κ1) is 23.2. The SMILES string of the molecule is Cc1cccc2ncc(-c3cn4nc(C(=O)N[C@@H]5CCCc6ccccc65)c(C(C)C)c4c(=O)[nH]3)cc12. The number of nitrogens with zero attached hydrogens (tertiary/aromatic N) is 3. The summed E-state index contributed by atoms with van der Waals surface area (Å²) in [5, 5.41) is 8.87. The first-order valence-corrected chi connectivity index (χ1v) is 12.8. The summed E-state index contributed by atoms with van der Waals surface area (Å²) in [6.45, 7) is 6.00. The van der Waals surface area contributed by atoms with Crippen LogP contribution in [0.15, 0.2) is 65.7 Å². The van der Waals surface area contributed by atoms with Crippen molar-refractivity contribution in [2.24, 2.45) is 0 Å². The van der Waals surface area contributed by atoms with Gasteiger partial charge in [0, 0.05) is 22.7 Å². The van der Waals surface area contributed by atoms with E-state index in [1.165, 1.54) is 5.56 Å². The van der Waals surface area contributed by atoms with E-state index in [-0.39, 0.29) is 23.4 Å². The Bertz CT molecular complexity index is 1730. The molecule has 1 amide bonds. The molecule has 6 rings (SSSR count). The lowest BCUT2D eigenvalue weighted by Gasteiger charge is -2.26. The minimum atomic E-state index is -0.277. The van der Waals surface area contributed by atoms with Gasteiger partial charge in [0.25, 0.3) is 11.5 Å². The third-order valence-electron chi connectivity index (χ3n) is 7.38. The number of benzene rings is 2. The van der Waals surface area contributed by atoms with Crippen molar-refractivity contribution in [3.8, 4) is 11.3 Å². The molecule has 2 aromatic carbocycles. The Balaban J connectivity index is 1.42. The van der Waals surface area contributed by atoms with E-state index >= 15 is 0 Å². The van der Waals surface area contributed by atoms with Crippen molar-refractivity contribution in [2.75, 3.05) is 0 Å². The second-order valence-electron chi connectivity index (χ2n) is 10.2. The molecule has 2 N–H and O–H groups in total. The van der Waals surface area contributed by atoms with E-state index in [0.29, 0.717) is 22.5 Å². The van der Waals surface area contributed by atoms with E-state index in [9.17, 15) is 9.59 Å². The van der Waals surface area contributed by atoms with Crippen LogP contribution in [0.25, 0.3) is 27.7 Å². The highest BCUT2D eigenvalue weighted by molar-refractivity contribution is 5.96. The molecule has 0 fully saturated rings. The molecule has 37 heavy (non-hydrogen) atoms. The average Bonchev–Trinajstić information content (AvgIpc) is 3.30. The van der Waals surface area contributed by atoms with Crippen LogP contribution in [0.3, 0.4) is 0 Å². The second-order valence-corrected chi connectivity index (χ2v) is 10.2. The predicted octanol–water partition coefficient (Wildman–Crippen LogP) is 5.48. The molecule has 1 aliphatic carbocycles. The number of pyridine rings is 1. The van der Waals surface area contributed by atoms with Crippen molar-refractivity contribution < 1.29 is 4.79 Å². The minimum absolute atomic E-state index is 0.0613. The monoisotopic (exact) mass is 491 g/mol. The van der Waals surface area contributed by atoms with Gasteiger partial charge < -0.3 is 10.3 Å². The van der Waals surface area contributed by atoms with Crippen LogP contribution in [-0.2, 0) is 6.42 Å². The lowest BCUT2D eigenvalue weighted by molar-refractivity contribution is 0.0926. The average molecular weight is 492 g/mol. The van der Waals surface area contributed by atoms with Crippen molar-refractivity contribution in [3.05, 3.63) is 99.2 Å². The van der Waals surface area contributed by atoms with Gasteiger partial charge in [-0.2, -0.15) is 5.10 Å². The summed E-state index contributed by atoms with van der Waals surface area (Å²) in [5.74, 6) is -0.313. The van der Waals surface area contributed by atoms with E-state index < -0.39 is 0 Å². The number of aromatic amines is 1. The zero-order chi connectivity index (χ0) is 25.7. The summed E-state index contributed by atoms with van der Waals surface area (Å²) in [6, 6.07) is 16.2. The Morgan fingerprint density at radius 2 is 2.00 bits per heavy atom. The Kier molecular flexibility index (Phi) is 5.63. The summed E-state index contributed by atoms with van der Waals surface area (Å²) in [6.07, 6.45) is 6.45. The third-order valence-corrected chi connectivity index (χ3v) is 7.38. The molecule has 0 bridgehead atoms. The Labute approximate surface area is 214 Å². The molecule has 1 aliphatic rings. The smallest absolute Gasteiger partial charge is 0.274 e. The quantitative estimate of drug-likeness (QED) is 0.348. The Hall–Kier alpha value is -4.26. The standard InChI is InChI=1S/C30H29N5O2/c1-17(2)26-27(29(36)32-24-13-7-10-19-9-4-5-11-21(19)24)34-35-16-25(33-30(37)28(26)35)20-14-22-18(3)8-6-12-23(22)31-15-20/h4-6,8-9,11-12,14-17,24H,7,10,13H2,1-3H3,(H,32,36)(H,33,37)/t24-/m1/s1. The molecule has 0 unspecified atom stereocenters. The first-order chi connectivity index (χ1) is 17.9. The summed E-state index contributed by atoms with van der Waals surface area (Å²) in [4.78, 5) is 34.5. The van der Waals surface area contributed by atoms with Gasteiger partial charge in [-0.3, -0.25) is 14.6 Å². The second kappa shape index (κ2) is 9.00. The highest BCUT2D eigenvalue weighted by Gasteiger charge is 2.28. The zero-order valence-electron chi connectivity index (χ0n) is 21.2. The highest BCUT2D eigenvalue weighted by Crippen LogP contribution is 2.31. The maximum Gasteiger partial charge on any atom is 0.274 e. The third kappa shape index (κ3) is 4.00. The van der Waals surface area contributed by atoms with E-state index in [1.54, 1.807) is 16.9 Å². The Morgan fingerprint density at radius 1 is 1.16 bits per heavy atom. The van der Waals surface area contributed by atoms with Gasteiger partial charge in [0.15, 0.2) is 5.69 Å². The van der Waals surface area contributed by atoms with Crippen molar-refractivity contribution in [3.63, 3.8) is 0 Å². The number of carbonyl (C=O) groups excluding carboxylic acids is 1. The van der Waals surface area contributed by atoms with E-state index in [1.807, 2.05) is 57.2 Å². The molecule has 186 valence electrons. The van der Waals surface area contributed by atoms with Crippen LogP contribution in [0.5, 0.6) is 0 Å². The number of nitrogens with one attached hydrogen (secondary N) is 2. The van der Waals surface area contributed by atoms with Crippen molar-refractivity contribution in [2.45, 2.75) is 52.0 Å². The summed E-state index contributed by atoms with van der Waals surface area (Å²) in [5.41, 5.74) is 6.91. The molecule has 0 spiro atoms. The molecule has 0 saturated carbocycles. The summed E-state index contributed by atoms with van der Waals surface area (Å²) >= 11 is 0. The van der Waals surface area contributed by atoms with Gasteiger partial charge in [-0.05, 0) is 60.9 Å². The van der Waals surface area contributed by atoms with Crippen LogP contribution in [-0.4, -0.2) is 25.5 Å². The maximum atomic E-state index is 13.6. The molecule has 0 aliphatic heterocycles. The number of aromatic nitrogens is 4. The number of fused-ring (bicyclic) bond motifs is 3. The van der Waals surface area contributed by atoms with Gasteiger partial charge in [-0.15, -0.1) is 0 Å². The molecule has 5 aromatic rings. The van der Waals surface area contributed by atoms with Gasteiger partial charge in [0.1, 0.15) is 5.52 Å². The molecular weight excluding hydrogens is 462 g/mol. The molecule has 3 aromatic heterocycles. The molecule has 1 atom stereocenters. The van der Waals surface area contributed by atoms with Crippen LogP contribution < -0.4 is 10.9 Å². The fraction of sp³-hybridized carbons (Fsp3) is 0.267. The van der Waals surface area contributed by atoms with Gasteiger partial charge in [0.05, 0.1) is 23.4 Å². The number of hydrogen-bond acceptors (Lipinski definition) is 4. The summed E-state index contributed by atoms with van der Waals surface area (Å²) in [7, 11) is 0. The van der Waals surface area contributed by atoms with Crippen LogP contribution in [0.4, 0.5) is 0 Å². The van der Waals surface area contributed by atoms with Crippen LogP contribution >= 0.6 is 0 Å². The lowest BCUT2D eigenvalue weighted by atomic mass is 9.87. The van der Waals surface area contributed by atoms with Crippen molar-refractivity contribution in [1.82, 2.24) is 24.9 Å². The molecule has 0 radical (unpaired) electrons. The number of H-pyrrole nitrogens is 1. The van der Waals surface area contributed by atoms with Gasteiger partial charge in [-0.1, -0.05) is 50.2 Å². The number of hydrogen-bond donors (Lipinski definition) is 2. The largest absolute Gasteiger partial charge is 0.344 e. The number of amides is 1. The molecule has 7 heteroatoms. The molecule has 7 nitrogen and oxygen atoms in total. The van der Waals surface area contributed by atoms with E-state index in [2.05, 4.69) is 32.5 Å². The molecule has 0 saturated heterocycles. The number of rotatable bonds is 4. The van der Waals surface area contributed by atoms with Gasteiger partial charge in [0.2, 0.25) is 0 Å². The predicted molar refractivity (Wildman–Crippen MR) is 145 cm³/mol. The summed E-state index contributed by atoms with van der Waals surface area (Å²) < 4.78 is 1.55. The van der Waals surface area contributed by atoms with Crippen molar-refractivity contribution >= 4 is 22.3 Å². The van der Waals surface area contributed by atoms with Crippen molar-refractivity contribution in [1.29, 1.82) is 0 Å². The molecular formula is C30H29N5O2. The lowest BCUT2D eigenvalue weighted by Crippen LogP contribution is -2.32. The topological polar surface area (TPSA) is 92.2 Å². The van der Waals surface area contributed by atoms with Gasteiger partial charge >= 0.3 is 0 Å². The highest BCUT2D eigenvalue weighted by atomic mass is 16.2. The normalized spacial score (nSPS) is 15.3.